The number of aromatic nitrogens is 1. The van der Waals surface area contributed by atoms with Crippen LogP contribution in [-0.4, -0.2) is 39.4 Å². The molecule has 3 rings (SSSR count). The van der Waals surface area contributed by atoms with Gasteiger partial charge in [0.25, 0.3) is 0 Å². The Bertz CT molecular complexity index is 693. The maximum Gasteiger partial charge on any atom is 0.203 e. The molecule has 7 heteroatoms. The molecule has 0 saturated carbocycles. The Morgan fingerprint density at radius 2 is 1.88 bits per heavy atom. The molecule has 136 valence electrons. The van der Waals surface area contributed by atoms with Crippen LogP contribution >= 0.6 is 12.4 Å². The lowest BCUT2D eigenvalue weighted by atomic mass is 10.1. The summed E-state index contributed by atoms with van der Waals surface area (Å²) in [6.45, 7) is 2.60. The molecular formula is C18H24ClN3O3. The van der Waals surface area contributed by atoms with Gasteiger partial charge in [-0.05, 0) is 35.4 Å². The van der Waals surface area contributed by atoms with Crippen LogP contribution in [0.3, 0.4) is 0 Å². The van der Waals surface area contributed by atoms with Crippen molar-refractivity contribution in [2.75, 3.05) is 39.3 Å². The number of anilines is 1. The molecule has 1 aliphatic rings. The van der Waals surface area contributed by atoms with Crippen LogP contribution in [0.1, 0.15) is 11.1 Å². The monoisotopic (exact) mass is 365 g/mol. The molecular weight excluding hydrogens is 342 g/mol. The summed E-state index contributed by atoms with van der Waals surface area (Å²) in [5, 5.41) is 3.44. The second-order valence-electron chi connectivity index (χ2n) is 5.84. The van der Waals surface area contributed by atoms with Crippen LogP contribution in [0.25, 0.3) is 0 Å². The van der Waals surface area contributed by atoms with Crippen molar-refractivity contribution in [2.45, 2.75) is 13.1 Å². The maximum absolute atomic E-state index is 5.67. The first-order chi connectivity index (χ1) is 11.7. The Balaban J connectivity index is 0.00000225. The summed E-state index contributed by atoms with van der Waals surface area (Å²) in [4.78, 5) is 6.32. The van der Waals surface area contributed by atoms with Crippen LogP contribution < -0.4 is 24.4 Å². The fourth-order valence-electron chi connectivity index (χ4n) is 2.60. The van der Waals surface area contributed by atoms with E-state index < -0.39 is 0 Å². The molecule has 1 aromatic heterocycles. The summed E-state index contributed by atoms with van der Waals surface area (Å²) in [6, 6.07) is 8.09. The predicted molar refractivity (Wildman–Crippen MR) is 100 cm³/mol. The van der Waals surface area contributed by atoms with Crippen molar-refractivity contribution in [1.29, 1.82) is 0 Å². The molecule has 0 radical (unpaired) electrons. The first kappa shape index (κ1) is 19.1. The van der Waals surface area contributed by atoms with E-state index in [0.717, 1.165) is 23.7 Å². The van der Waals surface area contributed by atoms with E-state index in [2.05, 4.69) is 16.4 Å². The highest BCUT2D eigenvalue weighted by Gasteiger charge is 2.18. The Kier molecular flexibility index (Phi) is 6.73. The van der Waals surface area contributed by atoms with Crippen molar-refractivity contribution in [3.8, 4) is 17.2 Å². The number of methoxy groups -OCH3 is 1. The molecule has 2 aromatic rings. The largest absolute Gasteiger partial charge is 0.493 e. The van der Waals surface area contributed by atoms with Gasteiger partial charge in [-0.3, -0.25) is 0 Å². The second-order valence-corrected chi connectivity index (χ2v) is 5.84. The summed E-state index contributed by atoms with van der Waals surface area (Å²) >= 11 is 0. The summed E-state index contributed by atoms with van der Waals surface area (Å²) in [6.07, 6.45) is 1.83. The van der Waals surface area contributed by atoms with Crippen molar-refractivity contribution in [2.24, 2.45) is 0 Å². The molecule has 0 fully saturated rings. The number of fused-ring (bicyclic) bond motifs is 1. The number of hydrogen-bond donors (Lipinski definition) is 1. The minimum atomic E-state index is 0. The fourth-order valence-corrected chi connectivity index (χ4v) is 2.60. The average molecular weight is 366 g/mol. The highest BCUT2D eigenvalue weighted by Crippen LogP contribution is 2.40. The summed E-state index contributed by atoms with van der Waals surface area (Å²) in [5.41, 5.74) is 2.29. The first-order valence-corrected chi connectivity index (χ1v) is 7.97. The predicted octanol–water partition coefficient (Wildman–Crippen LogP) is 2.64. The standard InChI is InChI=1S/C18H23N3O3.ClH/c1-21(2)17-10-13(4-5-20-17)11-19-12-14-8-15(22-3)18-16(9-14)23-6-7-24-18;/h4-5,8-10,19H,6-7,11-12H2,1-3H3;1H. The van der Waals surface area contributed by atoms with E-state index in [-0.39, 0.29) is 12.4 Å². The minimum Gasteiger partial charge on any atom is -0.493 e. The molecule has 0 aliphatic carbocycles. The average Bonchev–Trinajstić information content (AvgIpc) is 2.61. The third-order valence-corrected chi connectivity index (χ3v) is 3.81. The van der Waals surface area contributed by atoms with Crippen LogP contribution in [0.15, 0.2) is 30.5 Å². The molecule has 1 N–H and O–H groups in total. The quantitative estimate of drug-likeness (QED) is 0.849. The molecule has 2 heterocycles. The normalized spacial score (nSPS) is 12.3. The van der Waals surface area contributed by atoms with E-state index in [1.54, 1.807) is 7.11 Å². The van der Waals surface area contributed by atoms with Crippen molar-refractivity contribution >= 4 is 18.2 Å². The number of nitrogens with one attached hydrogen (secondary N) is 1. The second kappa shape index (κ2) is 8.78. The molecule has 0 saturated heterocycles. The van der Waals surface area contributed by atoms with E-state index >= 15 is 0 Å². The molecule has 0 spiro atoms. The zero-order chi connectivity index (χ0) is 16.9. The van der Waals surface area contributed by atoms with Crippen LogP contribution in [0.5, 0.6) is 17.2 Å². The molecule has 1 aromatic carbocycles. The smallest absolute Gasteiger partial charge is 0.203 e. The van der Waals surface area contributed by atoms with E-state index in [1.807, 2.05) is 43.4 Å². The summed E-state index contributed by atoms with van der Waals surface area (Å²) < 4.78 is 16.7. The molecule has 1 aliphatic heterocycles. The number of rotatable bonds is 6. The number of hydrogen-bond acceptors (Lipinski definition) is 6. The molecule has 25 heavy (non-hydrogen) atoms. The van der Waals surface area contributed by atoms with Crippen molar-refractivity contribution in [1.82, 2.24) is 10.3 Å². The SMILES string of the molecule is COc1cc(CNCc2ccnc(N(C)C)c2)cc2c1OCCO2.Cl. The van der Waals surface area contributed by atoms with Gasteiger partial charge >= 0.3 is 0 Å². The van der Waals surface area contributed by atoms with Gasteiger partial charge in [0.15, 0.2) is 11.5 Å². The molecule has 0 amide bonds. The molecule has 0 bridgehead atoms. The number of nitrogens with zero attached hydrogens (tertiary/aromatic N) is 2. The molecule has 6 nitrogen and oxygen atoms in total. The van der Waals surface area contributed by atoms with Gasteiger partial charge in [-0.2, -0.15) is 0 Å². The minimum absolute atomic E-state index is 0. The number of pyridine rings is 1. The number of ether oxygens (including phenoxy) is 3. The number of halogens is 1. The zero-order valence-electron chi connectivity index (χ0n) is 14.7. The Labute approximate surface area is 154 Å². The lowest BCUT2D eigenvalue weighted by Gasteiger charge is -2.21. The highest BCUT2D eigenvalue weighted by atomic mass is 35.5. The zero-order valence-corrected chi connectivity index (χ0v) is 15.6. The lowest BCUT2D eigenvalue weighted by Crippen LogP contribution is -2.18. The van der Waals surface area contributed by atoms with Crippen molar-refractivity contribution in [3.05, 3.63) is 41.6 Å². The topological polar surface area (TPSA) is 55.9 Å². The highest BCUT2D eigenvalue weighted by molar-refractivity contribution is 5.85. The summed E-state index contributed by atoms with van der Waals surface area (Å²) in [5.74, 6) is 3.10. The third-order valence-electron chi connectivity index (χ3n) is 3.81. The van der Waals surface area contributed by atoms with Crippen molar-refractivity contribution < 1.29 is 14.2 Å². The van der Waals surface area contributed by atoms with Gasteiger partial charge in [0.1, 0.15) is 19.0 Å². The maximum atomic E-state index is 5.67. The van der Waals surface area contributed by atoms with Gasteiger partial charge in [0.05, 0.1) is 7.11 Å². The van der Waals surface area contributed by atoms with E-state index in [4.69, 9.17) is 14.2 Å². The number of benzene rings is 1. The van der Waals surface area contributed by atoms with Crippen LogP contribution in [0, 0.1) is 0 Å². The third kappa shape index (κ3) is 4.67. The lowest BCUT2D eigenvalue weighted by molar-refractivity contribution is 0.165. The van der Waals surface area contributed by atoms with Crippen LogP contribution in [-0.2, 0) is 13.1 Å². The van der Waals surface area contributed by atoms with Gasteiger partial charge in [0.2, 0.25) is 5.75 Å². The Morgan fingerprint density at radius 1 is 1.12 bits per heavy atom. The van der Waals surface area contributed by atoms with Gasteiger partial charge < -0.3 is 24.4 Å². The Morgan fingerprint density at radius 3 is 2.64 bits per heavy atom. The van der Waals surface area contributed by atoms with E-state index in [0.29, 0.717) is 31.3 Å². The van der Waals surface area contributed by atoms with Crippen LogP contribution in [0.4, 0.5) is 5.82 Å². The fraction of sp³-hybridized carbons (Fsp3) is 0.389. The first-order valence-electron chi connectivity index (χ1n) is 7.97. The molecule has 0 unspecified atom stereocenters. The van der Waals surface area contributed by atoms with Crippen molar-refractivity contribution in [3.63, 3.8) is 0 Å². The Hall–Kier alpha value is -2.18. The molecule has 0 atom stereocenters. The summed E-state index contributed by atoms with van der Waals surface area (Å²) in [7, 11) is 5.62. The van der Waals surface area contributed by atoms with Crippen LogP contribution in [0.2, 0.25) is 0 Å². The van der Waals surface area contributed by atoms with Gasteiger partial charge in [-0.15, -0.1) is 12.4 Å². The van der Waals surface area contributed by atoms with Gasteiger partial charge in [-0.25, -0.2) is 4.98 Å². The van der Waals surface area contributed by atoms with Gasteiger partial charge in [0, 0.05) is 33.4 Å². The van der Waals surface area contributed by atoms with E-state index in [1.165, 1.54) is 5.56 Å². The van der Waals surface area contributed by atoms with Gasteiger partial charge in [-0.1, -0.05) is 0 Å². The van der Waals surface area contributed by atoms with E-state index in [9.17, 15) is 0 Å².